The first-order valence-corrected chi connectivity index (χ1v) is 11.0. The van der Waals surface area contributed by atoms with Gasteiger partial charge in [0.05, 0.1) is 11.4 Å². The van der Waals surface area contributed by atoms with Crippen molar-refractivity contribution in [3.63, 3.8) is 0 Å². The van der Waals surface area contributed by atoms with Gasteiger partial charge in [0.25, 0.3) is 0 Å². The number of anilines is 2. The first-order valence-electron chi connectivity index (χ1n) is 10.0. The number of aromatic hydroxyl groups is 1. The second-order valence-electron chi connectivity index (χ2n) is 7.17. The fraction of sp³-hybridized carbons (Fsp3) is 0.333. The topological polar surface area (TPSA) is 96.2 Å². The van der Waals surface area contributed by atoms with Crippen LogP contribution in [0.15, 0.2) is 53.7 Å². The highest BCUT2D eigenvalue weighted by Crippen LogP contribution is 2.23. The number of phenolic OH excluding ortho intramolecular Hbond substituents is 1. The number of carbonyl (C=O) groups is 1. The molecule has 156 valence electrons. The van der Waals surface area contributed by atoms with Crippen LogP contribution in [0.1, 0.15) is 25.7 Å². The summed E-state index contributed by atoms with van der Waals surface area (Å²) in [6.07, 6.45) is 5.08. The zero-order valence-electron chi connectivity index (χ0n) is 16.6. The van der Waals surface area contributed by atoms with Crippen molar-refractivity contribution in [2.75, 3.05) is 29.1 Å². The number of amides is 1. The van der Waals surface area contributed by atoms with E-state index in [0.29, 0.717) is 10.8 Å². The van der Waals surface area contributed by atoms with E-state index in [0.717, 1.165) is 18.8 Å². The zero-order valence-corrected chi connectivity index (χ0v) is 17.4. The van der Waals surface area contributed by atoms with Gasteiger partial charge in [-0.25, -0.2) is 0 Å². The Balaban J connectivity index is 1.32. The van der Waals surface area contributed by atoms with Gasteiger partial charge in [0.1, 0.15) is 5.75 Å². The number of hydrogen-bond acceptors (Lipinski definition) is 7. The molecular formula is C21H24N6O2S. The van der Waals surface area contributed by atoms with E-state index in [-0.39, 0.29) is 17.4 Å². The largest absolute Gasteiger partial charge is 0.508 e. The van der Waals surface area contributed by atoms with E-state index < -0.39 is 0 Å². The van der Waals surface area contributed by atoms with Gasteiger partial charge in [-0.15, -0.1) is 5.10 Å². The average molecular weight is 425 g/mol. The summed E-state index contributed by atoms with van der Waals surface area (Å²) in [4.78, 5) is 14.8. The summed E-state index contributed by atoms with van der Waals surface area (Å²) in [5, 5.41) is 24.5. The third kappa shape index (κ3) is 5.10. The van der Waals surface area contributed by atoms with Crippen LogP contribution in [-0.4, -0.2) is 50.1 Å². The molecule has 0 bridgehead atoms. The molecule has 3 aromatic rings. The molecule has 9 heteroatoms. The van der Waals surface area contributed by atoms with Gasteiger partial charge in [-0.2, -0.15) is 4.68 Å². The maximum atomic E-state index is 12.4. The van der Waals surface area contributed by atoms with Gasteiger partial charge < -0.3 is 15.3 Å². The van der Waals surface area contributed by atoms with Crippen LogP contribution in [0.5, 0.6) is 5.75 Å². The number of aromatic nitrogens is 4. The molecular weight excluding hydrogens is 400 g/mol. The highest BCUT2D eigenvalue weighted by Gasteiger charge is 2.13. The van der Waals surface area contributed by atoms with Crippen LogP contribution in [0.4, 0.5) is 11.4 Å². The number of rotatable bonds is 6. The summed E-state index contributed by atoms with van der Waals surface area (Å²) in [6, 6.07) is 14.6. The summed E-state index contributed by atoms with van der Waals surface area (Å²) >= 11 is 1.25. The number of nitrogens with zero attached hydrogens (tertiary/aromatic N) is 5. The molecule has 4 rings (SSSR count). The van der Waals surface area contributed by atoms with Crippen LogP contribution in [0.2, 0.25) is 0 Å². The van der Waals surface area contributed by atoms with E-state index in [4.69, 9.17) is 0 Å². The first kappa shape index (κ1) is 20.2. The normalized spacial score (nSPS) is 14.3. The van der Waals surface area contributed by atoms with Crippen molar-refractivity contribution >= 4 is 29.0 Å². The van der Waals surface area contributed by atoms with Crippen molar-refractivity contribution in [1.82, 2.24) is 20.2 Å². The molecule has 1 saturated heterocycles. The molecule has 1 fully saturated rings. The van der Waals surface area contributed by atoms with Crippen LogP contribution in [-0.2, 0) is 4.79 Å². The summed E-state index contributed by atoms with van der Waals surface area (Å²) in [5.74, 6) is 0.233. The van der Waals surface area contributed by atoms with E-state index in [2.05, 4.69) is 37.9 Å². The van der Waals surface area contributed by atoms with Crippen LogP contribution in [0.3, 0.4) is 0 Å². The fourth-order valence-electron chi connectivity index (χ4n) is 3.44. The maximum Gasteiger partial charge on any atom is 0.234 e. The summed E-state index contributed by atoms with van der Waals surface area (Å²) < 4.78 is 1.54. The lowest BCUT2D eigenvalue weighted by Crippen LogP contribution is -2.23. The highest BCUT2D eigenvalue weighted by atomic mass is 32.2. The van der Waals surface area contributed by atoms with Crippen molar-refractivity contribution in [3.8, 4) is 11.4 Å². The Bertz CT molecular complexity index is 966. The lowest BCUT2D eigenvalue weighted by molar-refractivity contribution is -0.113. The van der Waals surface area contributed by atoms with Gasteiger partial charge in [0, 0.05) is 24.5 Å². The molecule has 1 aliphatic rings. The number of carbonyl (C=O) groups excluding carboxylic acids is 1. The Morgan fingerprint density at radius 3 is 2.33 bits per heavy atom. The summed E-state index contributed by atoms with van der Waals surface area (Å²) in [6.45, 7) is 2.19. The van der Waals surface area contributed by atoms with E-state index in [1.165, 1.54) is 47.8 Å². The molecule has 0 unspecified atom stereocenters. The van der Waals surface area contributed by atoms with Gasteiger partial charge in [-0.1, -0.05) is 24.6 Å². The molecule has 0 aliphatic carbocycles. The molecule has 1 aliphatic heterocycles. The number of phenols is 1. The number of hydrogen-bond donors (Lipinski definition) is 2. The smallest absolute Gasteiger partial charge is 0.234 e. The third-order valence-electron chi connectivity index (χ3n) is 4.99. The molecule has 2 aromatic carbocycles. The Morgan fingerprint density at radius 1 is 0.967 bits per heavy atom. The number of benzene rings is 2. The summed E-state index contributed by atoms with van der Waals surface area (Å²) in [5.41, 5.74) is 2.69. The second kappa shape index (κ2) is 9.62. The number of nitrogens with one attached hydrogen (secondary N) is 1. The lowest BCUT2D eigenvalue weighted by Gasteiger charge is -2.22. The van der Waals surface area contributed by atoms with Crippen LogP contribution >= 0.6 is 11.8 Å². The van der Waals surface area contributed by atoms with Crippen LogP contribution in [0.25, 0.3) is 5.69 Å². The van der Waals surface area contributed by atoms with Crippen molar-refractivity contribution in [1.29, 1.82) is 0 Å². The molecule has 8 nitrogen and oxygen atoms in total. The molecule has 1 amide bonds. The van der Waals surface area contributed by atoms with Gasteiger partial charge in [-0.05, 0) is 71.8 Å². The molecule has 2 heterocycles. The SMILES string of the molecule is O=C(CSc1nnnn1-c1ccc(O)cc1)Nc1ccc(N2CCCCCC2)cc1. The van der Waals surface area contributed by atoms with Crippen molar-refractivity contribution in [2.45, 2.75) is 30.8 Å². The molecule has 0 atom stereocenters. The number of tetrazole rings is 1. The predicted molar refractivity (Wildman–Crippen MR) is 117 cm³/mol. The van der Waals surface area contributed by atoms with Gasteiger partial charge >= 0.3 is 0 Å². The van der Waals surface area contributed by atoms with Crippen LogP contribution in [0, 0.1) is 0 Å². The Morgan fingerprint density at radius 2 is 1.63 bits per heavy atom. The predicted octanol–water partition coefficient (Wildman–Crippen LogP) is 3.48. The van der Waals surface area contributed by atoms with Crippen molar-refractivity contribution in [3.05, 3.63) is 48.5 Å². The quantitative estimate of drug-likeness (QED) is 0.585. The highest BCUT2D eigenvalue weighted by molar-refractivity contribution is 7.99. The van der Waals surface area contributed by atoms with Crippen molar-refractivity contribution in [2.24, 2.45) is 0 Å². The van der Waals surface area contributed by atoms with Gasteiger partial charge in [0.15, 0.2) is 0 Å². The monoisotopic (exact) mass is 424 g/mol. The molecule has 30 heavy (non-hydrogen) atoms. The van der Waals surface area contributed by atoms with E-state index in [9.17, 15) is 9.90 Å². The minimum Gasteiger partial charge on any atom is -0.508 e. The fourth-order valence-corrected chi connectivity index (χ4v) is 4.13. The molecule has 0 spiro atoms. The Hall–Kier alpha value is -3.07. The van der Waals surface area contributed by atoms with E-state index in [1.54, 1.807) is 24.3 Å². The molecule has 1 aromatic heterocycles. The number of thioether (sulfide) groups is 1. The molecule has 0 saturated carbocycles. The zero-order chi connectivity index (χ0) is 20.8. The van der Waals surface area contributed by atoms with Gasteiger partial charge in [0.2, 0.25) is 11.1 Å². The Kier molecular flexibility index (Phi) is 6.48. The summed E-state index contributed by atoms with van der Waals surface area (Å²) in [7, 11) is 0. The standard InChI is InChI=1S/C21H24N6O2S/c28-19-11-9-18(10-12-19)27-21(23-24-25-27)30-15-20(29)22-16-5-7-17(8-6-16)26-13-3-1-2-4-14-26/h5-12,28H,1-4,13-15H2,(H,22,29). The molecule has 0 radical (unpaired) electrons. The third-order valence-corrected chi connectivity index (χ3v) is 5.91. The molecule has 2 N–H and O–H groups in total. The minimum absolute atomic E-state index is 0.122. The lowest BCUT2D eigenvalue weighted by atomic mass is 10.2. The van der Waals surface area contributed by atoms with Gasteiger partial charge in [-0.3, -0.25) is 4.79 Å². The Labute approximate surface area is 179 Å². The second-order valence-corrected chi connectivity index (χ2v) is 8.12. The maximum absolute atomic E-state index is 12.4. The first-order chi connectivity index (χ1) is 14.7. The minimum atomic E-state index is -0.122. The van der Waals surface area contributed by atoms with E-state index >= 15 is 0 Å². The average Bonchev–Trinajstić information content (AvgIpc) is 3.06. The van der Waals surface area contributed by atoms with Crippen LogP contribution < -0.4 is 10.2 Å². The van der Waals surface area contributed by atoms with Crippen molar-refractivity contribution < 1.29 is 9.90 Å². The van der Waals surface area contributed by atoms with E-state index in [1.807, 2.05) is 12.1 Å².